The Hall–Kier alpha value is -2.54. The molecule has 3 aromatic rings. The zero-order chi connectivity index (χ0) is 19.4. The minimum Gasteiger partial charge on any atom is -0.497 e. The van der Waals surface area contributed by atoms with E-state index in [1.165, 1.54) is 12.1 Å². The molecule has 1 aromatic heterocycles. The van der Waals surface area contributed by atoms with E-state index in [-0.39, 0.29) is 0 Å². The molecule has 3 rings (SSSR count). The fraction of sp³-hybridized carbons (Fsp3) is 0.150. The summed E-state index contributed by atoms with van der Waals surface area (Å²) >= 11 is 3.31. The van der Waals surface area contributed by atoms with Crippen LogP contribution in [-0.2, 0) is 12.8 Å². The minimum atomic E-state index is -4.37. The molecule has 0 saturated heterocycles. The molecule has 1 heterocycles. The molecule has 0 spiro atoms. The lowest BCUT2D eigenvalue weighted by molar-refractivity contribution is -0.137. The summed E-state index contributed by atoms with van der Waals surface area (Å²) in [4.78, 5) is 4.31. The number of hydrogen-bond donors (Lipinski definition) is 0. The zero-order valence-corrected chi connectivity index (χ0v) is 15.8. The Labute approximate surface area is 162 Å². The Morgan fingerprint density at radius 2 is 1.59 bits per heavy atom. The van der Waals surface area contributed by atoms with Gasteiger partial charge >= 0.3 is 6.18 Å². The Balaban J connectivity index is 1.77. The van der Waals surface area contributed by atoms with Crippen LogP contribution in [0.25, 0.3) is 11.3 Å². The van der Waals surface area contributed by atoms with Gasteiger partial charge in [-0.15, -0.1) is 0 Å². The number of methoxy groups -OCH3 is 1. The first-order chi connectivity index (χ1) is 12.8. The van der Waals surface area contributed by atoms with E-state index in [9.17, 15) is 13.2 Å². The SMILES string of the molecule is COc1ccc(COc2cc(Br)nc(-c3ccc(C(F)(F)F)cc3)c2)cc1. The second-order valence-corrected chi connectivity index (χ2v) is 6.54. The Bertz CT molecular complexity index is 910. The summed E-state index contributed by atoms with van der Waals surface area (Å²) in [7, 11) is 1.60. The van der Waals surface area contributed by atoms with Crippen molar-refractivity contribution in [2.75, 3.05) is 7.11 Å². The highest BCUT2D eigenvalue weighted by atomic mass is 79.9. The maximum atomic E-state index is 12.7. The third kappa shape index (κ3) is 5.01. The van der Waals surface area contributed by atoms with Gasteiger partial charge in [0.25, 0.3) is 0 Å². The molecule has 0 atom stereocenters. The first kappa shape index (κ1) is 19.2. The molecule has 0 radical (unpaired) electrons. The van der Waals surface area contributed by atoms with Gasteiger partial charge in [-0.05, 0) is 45.8 Å². The van der Waals surface area contributed by atoms with Gasteiger partial charge in [-0.2, -0.15) is 13.2 Å². The van der Waals surface area contributed by atoms with Gasteiger partial charge in [0.15, 0.2) is 0 Å². The summed E-state index contributed by atoms with van der Waals surface area (Å²) in [6.07, 6.45) is -4.37. The Morgan fingerprint density at radius 3 is 2.19 bits per heavy atom. The standard InChI is InChI=1S/C20H15BrF3NO2/c1-26-16-8-2-13(3-9-16)12-27-17-10-18(25-19(21)11-17)14-4-6-15(7-5-14)20(22,23)24/h2-11H,12H2,1H3. The highest BCUT2D eigenvalue weighted by Gasteiger charge is 2.30. The lowest BCUT2D eigenvalue weighted by atomic mass is 10.1. The monoisotopic (exact) mass is 437 g/mol. The summed E-state index contributed by atoms with van der Waals surface area (Å²) < 4.78 is 49.6. The topological polar surface area (TPSA) is 31.4 Å². The van der Waals surface area contributed by atoms with Gasteiger partial charge in [0.1, 0.15) is 22.7 Å². The van der Waals surface area contributed by atoms with Crippen molar-refractivity contribution in [2.24, 2.45) is 0 Å². The Kier molecular flexibility index (Phi) is 5.70. The van der Waals surface area contributed by atoms with Crippen LogP contribution in [0.3, 0.4) is 0 Å². The van der Waals surface area contributed by atoms with Gasteiger partial charge < -0.3 is 9.47 Å². The van der Waals surface area contributed by atoms with Crippen LogP contribution in [-0.4, -0.2) is 12.1 Å². The number of alkyl halides is 3. The van der Waals surface area contributed by atoms with Crippen LogP contribution in [0.15, 0.2) is 65.3 Å². The van der Waals surface area contributed by atoms with Crippen LogP contribution in [0, 0.1) is 0 Å². The van der Waals surface area contributed by atoms with Crippen LogP contribution in [0.1, 0.15) is 11.1 Å². The molecule has 7 heteroatoms. The van der Waals surface area contributed by atoms with Gasteiger partial charge in [0.2, 0.25) is 0 Å². The summed E-state index contributed by atoms with van der Waals surface area (Å²) in [5.41, 5.74) is 1.35. The van der Waals surface area contributed by atoms with Gasteiger partial charge in [0.05, 0.1) is 18.4 Å². The maximum absolute atomic E-state index is 12.7. The van der Waals surface area contributed by atoms with Crippen molar-refractivity contribution in [3.8, 4) is 22.8 Å². The molecule has 0 aliphatic carbocycles. The number of nitrogens with zero attached hydrogens (tertiary/aromatic N) is 1. The largest absolute Gasteiger partial charge is 0.497 e. The molecule has 0 fully saturated rings. The van der Waals surface area contributed by atoms with E-state index in [4.69, 9.17) is 9.47 Å². The number of pyridine rings is 1. The van der Waals surface area contributed by atoms with Crippen LogP contribution in [0.5, 0.6) is 11.5 Å². The van der Waals surface area contributed by atoms with E-state index in [2.05, 4.69) is 20.9 Å². The molecule has 0 aliphatic rings. The zero-order valence-electron chi connectivity index (χ0n) is 14.3. The number of hydrogen-bond acceptors (Lipinski definition) is 3. The number of benzene rings is 2. The summed E-state index contributed by atoms with van der Waals surface area (Å²) in [6.45, 7) is 0.340. The van der Waals surface area contributed by atoms with Crippen molar-refractivity contribution < 1.29 is 22.6 Å². The number of ether oxygens (including phenoxy) is 2. The number of aromatic nitrogens is 1. The van der Waals surface area contributed by atoms with Crippen LogP contribution in [0.2, 0.25) is 0 Å². The molecule has 27 heavy (non-hydrogen) atoms. The fourth-order valence-corrected chi connectivity index (χ4v) is 2.84. The first-order valence-electron chi connectivity index (χ1n) is 7.96. The van der Waals surface area contributed by atoms with Crippen molar-refractivity contribution in [2.45, 2.75) is 12.8 Å². The summed E-state index contributed by atoms with van der Waals surface area (Å²) in [6, 6.07) is 15.7. The number of rotatable bonds is 5. The average molecular weight is 438 g/mol. The van der Waals surface area contributed by atoms with E-state index >= 15 is 0 Å². The molecule has 2 aromatic carbocycles. The highest BCUT2D eigenvalue weighted by Crippen LogP contribution is 2.32. The van der Waals surface area contributed by atoms with Crippen LogP contribution >= 0.6 is 15.9 Å². The third-order valence-electron chi connectivity index (χ3n) is 3.84. The van der Waals surface area contributed by atoms with Crippen LogP contribution < -0.4 is 9.47 Å². The first-order valence-corrected chi connectivity index (χ1v) is 8.75. The second kappa shape index (κ2) is 8.00. The van der Waals surface area contributed by atoms with E-state index < -0.39 is 11.7 Å². The second-order valence-electron chi connectivity index (χ2n) is 5.72. The van der Waals surface area contributed by atoms with Crippen molar-refractivity contribution >= 4 is 15.9 Å². The summed E-state index contributed by atoms with van der Waals surface area (Å²) in [5, 5.41) is 0. The predicted molar refractivity (Wildman–Crippen MR) is 99.7 cm³/mol. The highest BCUT2D eigenvalue weighted by molar-refractivity contribution is 9.10. The van der Waals surface area contributed by atoms with Crippen molar-refractivity contribution in [3.05, 3.63) is 76.4 Å². The molecular weight excluding hydrogens is 423 g/mol. The van der Waals surface area contributed by atoms with Gasteiger partial charge in [-0.25, -0.2) is 4.98 Å². The third-order valence-corrected chi connectivity index (χ3v) is 4.25. The van der Waals surface area contributed by atoms with Gasteiger partial charge in [-0.3, -0.25) is 0 Å². The smallest absolute Gasteiger partial charge is 0.416 e. The average Bonchev–Trinajstić information content (AvgIpc) is 2.66. The predicted octanol–water partition coefficient (Wildman–Crippen LogP) is 6.12. The van der Waals surface area contributed by atoms with E-state index in [0.29, 0.717) is 28.2 Å². The molecule has 0 N–H and O–H groups in total. The van der Waals surface area contributed by atoms with E-state index in [1.807, 2.05) is 24.3 Å². The lowest BCUT2D eigenvalue weighted by Crippen LogP contribution is -2.04. The molecule has 0 saturated carbocycles. The van der Waals surface area contributed by atoms with E-state index in [1.54, 1.807) is 19.2 Å². The fourth-order valence-electron chi connectivity index (χ4n) is 2.42. The number of halogens is 4. The van der Waals surface area contributed by atoms with Crippen molar-refractivity contribution in [1.29, 1.82) is 0 Å². The van der Waals surface area contributed by atoms with Crippen molar-refractivity contribution in [3.63, 3.8) is 0 Å². The quantitative estimate of drug-likeness (QED) is 0.450. The normalized spacial score (nSPS) is 11.3. The van der Waals surface area contributed by atoms with Crippen LogP contribution in [0.4, 0.5) is 13.2 Å². The summed E-state index contributed by atoms with van der Waals surface area (Å²) in [5.74, 6) is 1.32. The van der Waals surface area contributed by atoms with E-state index in [0.717, 1.165) is 23.4 Å². The molecule has 0 unspecified atom stereocenters. The molecule has 140 valence electrons. The lowest BCUT2D eigenvalue weighted by Gasteiger charge is -2.11. The van der Waals surface area contributed by atoms with Gasteiger partial charge in [-0.1, -0.05) is 24.3 Å². The Morgan fingerprint density at radius 1 is 0.926 bits per heavy atom. The molecule has 3 nitrogen and oxygen atoms in total. The van der Waals surface area contributed by atoms with Gasteiger partial charge in [0, 0.05) is 17.7 Å². The molecule has 0 bridgehead atoms. The molecule has 0 aliphatic heterocycles. The minimum absolute atomic E-state index is 0.340. The molecular formula is C20H15BrF3NO2. The molecule has 0 amide bonds. The maximum Gasteiger partial charge on any atom is 0.416 e. The van der Waals surface area contributed by atoms with Crippen molar-refractivity contribution in [1.82, 2.24) is 4.98 Å².